The van der Waals surface area contributed by atoms with E-state index in [2.05, 4.69) is 0 Å². The van der Waals surface area contributed by atoms with E-state index in [-0.39, 0.29) is 16.1 Å². The number of hydrogen-bond acceptors (Lipinski definition) is 2. The van der Waals surface area contributed by atoms with Gasteiger partial charge in [-0.3, -0.25) is 0 Å². The highest BCUT2D eigenvalue weighted by molar-refractivity contribution is 6.36. The van der Waals surface area contributed by atoms with Crippen LogP contribution in [0.2, 0.25) is 10.0 Å². The topological polar surface area (TPSA) is 57.5 Å². The van der Waals surface area contributed by atoms with Crippen LogP contribution in [0.4, 0.5) is 4.39 Å². The van der Waals surface area contributed by atoms with Crippen LogP contribution in [0, 0.1) is 5.82 Å². The molecular formula is C14H9Cl2FO3. The minimum atomic E-state index is -1.97. The molecule has 0 saturated heterocycles. The fraction of sp³-hybridized carbons (Fsp3) is 0.0714. The number of rotatable bonds is 3. The van der Waals surface area contributed by atoms with Crippen LogP contribution in [0.5, 0.6) is 0 Å². The van der Waals surface area contributed by atoms with Crippen LogP contribution in [0.3, 0.4) is 0 Å². The van der Waals surface area contributed by atoms with Crippen LogP contribution in [-0.4, -0.2) is 16.2 Å². The molecule has 20 heavy (non-hydrogen) atoms. The molecule has 1 atom stereocenters. The molecular weight excluding hydrogens is 306 g/mol. The van der Waals surface area contributed by atoms with Gasteiger partial charge in [-0.15, -0.1) is 0 Å². The highest BCUT2D eigenvalue weighted by Crippen LogP contribution is 2.36. The second-order valence-corrected chi connectivity index (χ2v) is 4.91. The second-order valence-electron chi connectivity index (χ2n) is 4.07. The van der Waals surface area contributed by atoms with Gasteiger partial charge in [-0.05, 0) is 23.8 Å². The number of aliphatic hydroxyl groups is 1. The zero-order valence-corrected chi connectivity index (χ0v) is 11.5. The number of carbonyl (C=O) groups is 1. The van der Waals surface area contributed by atoms with Gasteiger partial charge < -0.3 is 10.2 Å². The van der Waals surface area contributed by atoms with Crippen molar-refractivity contribution in [2.24, 2.45) is 0 Å². The molecule has 0 radical (unpaired) electrons. The maximum Gasteiger partial charge on any atom is 0.337 e. The van der Waals surface area contributed by atoms with E-state index in [1.807, 2.05) is 0 Å². The standard InChI is InChI=1S/C14H9Cl2FO3/c15-7-4-5-8(10(16)6-7)9-2-1-3-11(17)12(9)13(18)14(19)20/h1-6,13,18H,(H,19,20). The quantitative estimate of drug-likeness (QED) is 0.902. The van der Waals surface area contributed by atoms with Crippen molar-refractivity contribution in [1.82, 2.24) is 0 Å². The molecule has 0 saturated carbocycles. The Morgan fingerprint density at radius 3 is 2.45 bits per heavy atom. The van der Waals surface area contributed by atoms with Crippen LogP contribution in [0.1, 0.15) is 11.7 Å². The lowest BCUT2D eigenvalue weighted by Crippen LogP contribution is -2.13. The molecule has 2 aromatic rings. The molecule has 6 heteroatoms. The molecule has 2 N–H and O–H groups in total. The minimum absolute atomic E-state index is 0.210. The summed E-state index contributed by atoms with van der Waals surface area (Å²) in [6.07, 6.45) is -1.97. The Hall–Kier alpha value is -1.62. The van der Waals surface area contributed by atoms with Crippen molar-refractivity contribution >= 4 is 29.2 Å². The summed E-state index contributed by atoms with van der Waals surface area (Å²) in [6.45, 7) is 0. The average molecular weight is 315 g/mol. The molecule has 0 spiro atoms. The lowest BCUT2D eigenvalue weighted by molar-refractivity contribution is -0.147. The van der Waals surface area contributed by atoms with Crippen LogP contribution >= 0.6 is 23.2 Å². The zero-order chi connectivity index (χ0) is 14.9. The van der Waals surface area contributed by atoms with Crippen LogP contribution in [-0.2, 0) is 4.79 Å². The molecule has 0 aromatic heterocycles. The van der Waals surface area contributed by atoms with Crippen LogP contribution in [0.15, 0.2) is 36.4 Å². The zero-order valence-electron chi connectivity index (χ0n) is 9.98. The van der Waals surface area contributed by atoms with Gasteiger partial charge in [0.2, 0.25) is 0 Å². The molecule has 0 fully saturated rings. The Morgan fingerprint density at radius 2 is 1.85 bits per heavy atom. The fourth-order valence-corrected chi connectivity index (χ4v) is 2.39. The molecule has 0 amide bonds. The number of benzene rings is 2. The third kappa shape index (κ3) is 2.77. The van der Waals surface area contributed by atoms with Crippen molar-refractivity contribution in [3.8, 4) is 11.1 Å². The van der Waals surface area contributed by atoms with Gasteiger partial charge in [0.15, 0.2) is 6.10 Å². The van der Waals surface area contributed by atoms with Crippen molar-refractivity contribution < 1.29 is 19.4 Å². The van der Waals surface area contributed by atoms with Gasteiger partial charge in [0.05, 0.1) is 0 Å². The Kier molecular flexibility index (Phi) is 4.28. The molecule has 104 valence electrons. The number of carboxylic acid groups (broad SMARTS) is 1. The molecule has 2 rings (SSSR count). The molecule has 0 aliphatic heterocycles. The highest BCUT2D eigenvalue weighted by atomic mass is 35.5. The summed E-state index contributed by atoms with van der Waals surface area (Å²) in [6, 6.07) is 8.52. The van der Waals surface area contributed by atoms with E-state index in [4.69, 9.17) is 28.3 Å². The molecule has 1 unspecified atom stereocenters. The summed E-state index contributed by atoms with van der Waals surface area (Å²) >= 11 is 11.8. The minimum Gasteiger partial charge on any atom is -0.479 e. The van der Waals surface area contributed by atoms with Crippen molar-refractivity contribution in [1.29, 1.82) is 0 Å². The van der Waals surface area contributed by atoms with Crippen molar-refractivity contribution in [3.63, 3.8) is 0 Å². The largest absolute Gasteiger partial charge is 0.479 e. The van der Waals surface area contributed by atoms with Gasteiger partial charge in [-0.2, -0.15) is 0 Å². The molecule has 0 aliphatic rings. The molecule has 2 aromatic carbocycles. The average Bonchev–Trinajstić information content (AvgIpc) is 2.37. The monoisotopic (exact) mass is 314 g/mol. The van der Waals surface area contributed by atoms with E-state index in [1.54, 1.807) is 6.07 Å². The maximum absolute atomic E-state index is 13.9. The Balaban J connectivity index is 2.68. The van der Waals surface area contributed by atoms with Crippen LogP contribution in [0.25, 0.3) is 11.1 Å². The van der Waals surface area contributed by atoms with Crippen LogP contribution < -0.4 is 0 Å². The summed E-state index contributed by atoms with van der Waals surface area (Å²) in [5.74, 6) is -2.36. The molecule has 0 aliphatic carbocycles. The second kappa shape index (κ2) is 5.79. The third-order valence-electron chi connectivity index (χ3n) is 2.78. The van der Waals surface area contributed by atoms with E-state index in [9.17, 15) is 14.3 Å². The number of aliphatic hydroxyl groups excluding tert-OH is 1. The lowest BCUT2D eigenvalue weighted by Gasteiger charge is -2.14. The van der Waals surface area contributed by atoms with Crippen molar-refractivity contribution in [3.05, 3.63) is 57.8 Å². The van der Waals surface area contributed by atoms with Gasteiger partial charge in [0, 0.05) is 21.2 Å². The third-order valence-corrected chi connectivity index (χ3v) is 3.33. The smallest absolute Gasteiger partial charge is 0.337 e. The Labute approximate surface area is 124 Å². The maximum atomic E-state index is 13.9. The van der Waals surface area contributed by atoms with E-state index in [0.717, 1.165) is 6.07 Å². The predicted molar refractivity (Wildman–Crippen MR) is 74.5 cm³/mol. The first-order valence-electron chi connectivity index (χ1n) is 5.56. The normalized spacial score (nSPS) is 12.2. The number of hydrogen-bond donors (Lipinski definition) is 2. The van der Waals surface area contributed by atoms with Gasteiger partial charge >= 0.3 is 5.97 Å². The van der Waals surface area contributed by atoms with E-state index in [0.29, 0.717) is 10.6 Å². The Morgan fingerprint density at radius 1 is 1.15 bits per heavy atom. The van der Waals surface area contributed by atoms with E-state index in [1.165, 1.54) is 24.3 Å². The summed E-state index contributed by atoms with van der Waals surface area (Å²) < 4.78 is 13.9. The first kappa shape index (κ1) is 14.8. The number of aliphatic carboxylic acids is 1. The summed E-state index contributed by atoms with van der Waals surface area (Å²) in [4.78, 5) is 10.9. The predicted octanol–water partition coefficient (Wildman–Crippen LogP) is 3.92. The molecule has 3 nitrogen and oxygen atoms in total. The SMILES string of the molecule is O=C(O)C(O)c1c(F)cccc1-c1ccc(Cl)cc1Cl. The first-order valence-corrected chi connectivity index (χ1v) is 6.32. The van der Waals surface area contributed by atoms with Gasteiger partial charge in [0.1, 0.15) is 5.82 Å². The van der Waals surface area contributed by atoms with Crippen molar-refractivity contribution in [2.45, 2.75) is 6.10 Å². The number of carboxylic acids is 1. The van der Waals surface area contributed by atoms with Gasteiger partial charge in [-0.25, -0.2) is 9.18 Å². The molecule has 0 heterocycles. The van der Waals surface area contributed by atoms with Gasteiger partial charge in [-0.1, -0.05) is 41.4 Å². The van der Waals surface area contributed by atoms with E-state index < -0.39 is 17.9 Å². The fourth-order valence-electron chi connectivity index (χ4n) is 1.88. The first-order chi connectivity index (χ1) is 9.41. The summed E-state index contributed by atoms with van der Waals surface area (Å²) in [5, 5.41) is 19.2. The Bertz CT molecular complexity index is 673. The molecule has 0 bridgehead atoms. The summed E-state index contributed by atoms with van der Waals surface area (Å²) in [7, 11) is 0. The summed E-state index contributed by atoms with van der Waals surface area (Å²) in [5.41, 5.74) is 0.275. The number of halogens is 3. The lowest BCUT2D eigenvalue weighted by atomic mass is 9.95. The highest BCUT2D eigenvalue weighted by Gasteiger charge is 2.24. The van der Waals surface area contributed by atoms with E-state index >= 15 is 0 Å². The van der Waals surface area contributed by atoms with Gasteiger partial charge in [0.25, 0.3) is 0 Å². The van der Waals surface area contributed by atoms with Crippen molar-refractivity contribution in [2.75, 3.05) is 0 Å².